The Balaban J connectivity index is 3.23. The van der Waals surface area contributed by atoms with Crippen LogP contribution in [0.3, 0.4) is 0 Å². The van der Waals surface area contributed by atoms with Crippen molar-refractivity contribution in [2.45, 2.75) is 0 Å². The number of aromatic nitrogens is 3. The van der Waals surface area contributed by atoms with Crippen LogP contribution in [0.15, 0.2) is 12.8 Å². The SMILES string of the molecule is C=CN(C)c1nc(N(C)CO)nc(N(C)CO)n1. The third-order valence-corrected chi connectivity index (χ3v) is 2.30. The van der Waals surface area contributed by atoms with Gasteiger partial charge < -0.3 is 24.9 Å². The quantitative estimate of drug-likeness (QED) is 0.639. The van der Waals surface area contributed by atoms with Gasteiger partial charge in [0.1, 0.15) is 13.5 Å². The molecule has 0 bridgehead atoms. The molecule has 0 aliphatic rings. The van der Waals surface area contributed by atoms with Crippen molar-refractivity contribution in [2.75, 3.05) is 49.3 Å². The van der Waals surface area contributed by atoms with Crippen LogP contribution in [-0.2, 0) is 0 Å². The molecule has 0 saturated carbocycles. The average molecular weight is 254 g/mol. The Morgan fingerprint density at radius 1 is 0.944 bits per heavy atom. The van der Waals surface area contributed by atoms with Gasteiger partial charge in [-0.15, -0.1) is 0 Å². The Bertz CT molecular complexity index is 385. The Hall–Kier alpha value is -1.93. The lowest BCUT2D eigenvalue weighted by atomic mass is 10.6. The van der Waals surface area contributed by atoms with E-state index in [1.54, 1.807) is 32.2 Å². The molecule has 0 aromatic carbocycles. The van der Waals surface area contributed by atoms with Crippen molar-refractivity contribution >= 4 is 17.8 Å². The molecule has 0 atom stereocenters. The largest absolute Gasteiger partial charge is 0.376 e. The molecule has 1 aromatic heterocycles. The van der Waals surface area contributed by atoms with Crippen molar-refractivity contribution < 1.29 is 10.2 Å². The van der Waals surface area contributed by atoms with Crippen LogP contribution in [0.1, 0.15) is 0 Å². The molecule has 2 N–H and O–H groups in total. The summed E-state index contributed by atoms with van der Waals surface area (Å²) in [5, 5.41) is 18.2. The van der Waals surface area contributed by atoms with Crippen molar-refractivity contribution in [3.8, 4) is 0 Å². The molecule has 8 nitrogen and oxygen atoms in total. The zero-order valence-corrected chi connectivity index (χ0v) is 10.8. The van der Waals surface area contributed by atoms with Gasteiger partial charge in [-0.2, -0.15) is 15.0 Å². The third-order valence-electron chi connectivity index (χ3n) is 2.30. The van der Waals surface area contributed by atoms with E-state index in [4.69, 9.17) is 10.2 Å². The highest BCUT2D eigenvalue weighted by Gasteiger charge is 2.13. The van der Waals surface area contributed by atoms with Gasteiger partial charge in [0, 0.05) is 21.1 Å². The maximum atomic E-state index is 9.09. The Morgan fingerprint density at radius 3 is 1.67 bits per heavy atom. The minimum Gasteiger partial charge on any atom is -0.376 e. The first-order chi connectivity index (χ1) is 8.53. The van der Waals surface area contributed by atoms with Gasteiger partial charge in [0.25, 0.3) is 0 Å². The second-order valence-electron chi connectivity index (χ2n) is 3.71. The molecule has 1 heterocycles. The van der Waals surface area contributed by atoms with E-state index in [1.807, 2.05) is 0 Å². The number of aliphatic hydroxyl groups excluding tert-OH is 2. The maximum absolute atomic E-state index is 9.09. The lowest BCUT2D eigenvalue weighted by Crippen LogP contribution is -2.27. The lowest BCUT2D eigenvalue weighted by Gasteiger charge is -2.20. The zero-order chi connectivity index (χ0) is 13.7. The van der Waals surface area contributed by atoms with Gasteiger partial charge in [-0.1, -0.05) is 6.58 Å². The summed E-state index contributed by atoms with van der Waals surface area (Å²) >= 11 is 0. The number of aliphatic hydroxyl groups is 2. The van der Waals surface area contributed by atoms with Crippen LogP contribution < -0.4 is 14.7 Å². The highest BCUT2D eigenvalue weighted by molar-refractivity contribution is 5.46. The first-order valence-electron chi connectivity index (χ1n) is 5.29. The van der Waals surface area contributed by atoms with Gasteiger partial charge in [0.15, 0.2) is 0 Å². The molecular formula is C10H18N6O2. The van der Waals surface area contributed by atoms with E-state index < -0.39 is 0 Å². The van der Waals surface area contributed by atoms with Crippen LogP contribution in [0.25, 0.3) is 0 Å². The molecule has 1 aromatic rings. The van der Waals surface area contributed by atoms with E-state index in [0.29, 0.717) is 17.8 Å². The topological polar surface area (TPSA) is 88.9 Å². The van der Waals surface area contributed by atoms with E-state index in [-0.39, 0.29) is 13.5 Å². The number of rotatable bonds is 6. The van der Waals surface area contributed by atoms with Crippen LogP contribution in [0.5, 0.6) is 0 Å². The first-order valence-corrected chi connectivity index (χ1v) is 5.29. The van der Waals surface area contributed by atoms with Crippen LogP contribution in [-0.4, -0.2) is 59.8 Å². The molecule has 0 aliphatic heterocycles. The summed E-state index contributed by atoms with van der Waals surface area (Å²) in [7, 11) is 5.04. The van der Waals surface area contributed by atoms with E-state index in [1.165, 1.54) is 9.80 Å². The summed E-state index contributed by atoms with van der Waals surface area (Å²) in [4.78, 5) is 17.0. The van der Waals surface area contributed by atoms with Crippen molar-refractivity contribution in [2.24, 2.45) is 0 Å². The monoisotopic (exact) mass is 254 g/mol. The highest BCUT2D eigenvalue weighted by Crippen LogP contribution is 2.16. The molecule has 0 radical (unpaired) electrons. The van der Waals surface area contributed by atoms with Crippen molar-refractivity contribution in [1.29, 1.82) is 0 Å². The molecule has 0 amide bonds. The van der Waals surface area contributed by atoms with Crippen LogP contribution in [0.2, 0.25) is 0 Å². The smallest absolute Gasteiger partial charge is 0.235 e. The van der Waals surface area contributed by atoms with Crippen molar-refractivity contribution in [3.05, 3.63) is 12.8 Å². The Morgan fingerprint density at radius 2 is 1.33 bits per heavy atom. The Labute approximate surface area is 106 Å². The molecule has 0 saturated heterocycles. The summed E-state index contributed by atoms with van der Waals surface area (Å²) in [6.45, 7) is 3.19. The lowest BCUT2D eigenvalue weighted by molar-refractivity contribution is 0.294. The van der Waals surface area contributed by atoms with Crippen LogP contribution in [0, 0.1) is 0 Å². The predicted molar refractivity (Wildman–Crippen MR) is 69.4 cm³/mol. The summed E-state index contributed by atoms with van der Waals surface area (Å²) < 4.78 is 0. The van der Waals surface area contributed by atoms with Crippen LogP contribution >= 0.6 is 0 Å². The number of hydrogen-bond donors (Lipinski definition) is 2. The fraction of sp³-hybridized carbons (Fsp3) is 0.500. The fourth-order valence-electron chi connectivity index (χ4n) is 1.05. The maximum Gasteiger partial charge on any atom is 0.235 e. The van der Waals surface area contributed by atoms with E-state index in [2.05, 4.69) is 21.5 Å². The van der Waals surface area contributed by atoms with E-state index >= 15 is 0 Å². The van der Waals surface area contributed by atoms with E-state index in [9.17, 15) is 0 Å². The minimum absolute atomic E-state index is 0.219. The molecule has 0 fully saturated rings. The van der Waals surface area contributed by atoms with Gasteiger partial charge in [0.05, 0.1) is 0 Å². The molecule has 18 heavy (non-hydrogen) atoms. The van der Waals surface area contributed by atoms with Gasteiger partial charge in [0.2, 0.25) is 17.8 Å². The fourth-order valence-corrected chi connectivity index (χ4v) is 1.05. The number of anilines is 3. The molecular weight excluding hydrogens is 236 g/mol. The van der Waals surface area contributed by atoms with Gasteiger partial charge in [-0.05, 0) is 6.20 Å². The van der Waals surface area contributed by atoms with Gasteiger partial charge in [-0.25, -0.2) is 0 Å². The predicted octanol–water partition coefficient (Wildman–Crippen LogP) is -0.777. The highest BCUT2D eigenvalue weighted by atomic mass is 16.3. The van der Waals surface area contributed by atoms with Crippen LogP contribution in [0.4, 0.5) is 17.8 Å². The second-order valence-corrected chi connectivity index (χ2v) is 3.71. The normalized spacial score (nSPS) is 10.1. The summed E-state index contributed by atoms with van der Waals surface area (Å²) in [6.07, 6.45) is 1.56. The molecule has 0 unspecified atom stereocenters. The number of nitrogens with zero attached hydrogens (tertiary/aromatic N) is 6. The molecule has 8 heteroatoms. The number of hydrogen-bond acceptors (Lipinski definition) is 8. The van der Waals surface area contributed by atoms with Crippen molar-refractivity contribution in [3.63, 3.8) is 0 Å². The first kappa shape index (κ1) is 14.1. The third kappa shape index (κ3) is 3.05. The summed E-state index contributed by atoms with van der Waals surface area (Å²) in [5.41, 5.74) is 0. The minimum atomic E-state index is -0.219. The molecule has 0 spiro atoms. The standard InChI is InChI=1S/C10H18N6O2/c1-5-14(2)8-11-9(15(3)6-17)13-10(12-8)16(4)7-18/h5,17-18H,1,6-7H2,2-4H3. The summed E-state index contributed by atoms with van der Waals surface area (Å²) in [6, 6.07) is 0. The molecule has 1 rings (SSSR count). The van der Waals surface area contributed by atoms with Gasteiger partial charge >= 0.3 is 0 Å². The zero-order valence-electron chi connectivity index (χ0n) is 10.8. The van der Waals surface area contributed by atoms with Crippen molar-refractivity contribution in [1.82, 2.24) is 15.0 Å². The van der Waals surface area contributed by atoms with E-state index in [0.717, 1.165) is 0 Å². The summed E-state index contributed by atoms with van der Waals surface area (Å²) in [5.74, 6) is 1.00. The van der Waals surface area contributed by atoms with Gasteiger partial charge in [-0.3, -0.25) is 0 Å². The molecule has 100 valence electrons. The second kappa shape index (κ2) is 6.12. The average Bonchev–Trinajstić information content (AvgIpc) is 2.43. The molecule has 0 aliphatic carbocycles. The Kier molecular flexibility index (Phi) is 4.81.